The summed E-state index contributed by atoms with van der Waals surface area (Å²) in [5.41, 5.74) is 9.35. The summed E-state index contributed by atoms with van der Waals surface area (Å²) in [5.74, 6) is 1.51. The Morgan fingerprint density at radius 3 is 2.39 bits per heavy atom. The van der Waals surface area contributed by atoms with E-state index < -0.39 is 0 Å². The van der Waals surface area contributed by atoms with Gasteiger partial charge in [0.2, 0.25) is 5.95 Å². The van der Waals surface area contributed by atoms with Crippen LogP contribution < -0.4 is 5.73 Å². The van der Waals surface area contributed by atoms with Crippen molar-refractivity contribution in [3.05, 3.63) is 60.6 Å². The van der Waals surface area contributed by atoms with E-state index in [0.717, 1.165) is 41.9 Å². The van der Waals surface area contributed by atoms with Crippen LogP contribution in [0.25, 0.3) is 22.7 Å². The Kier molecular flexibility index (Phi) is 3.71. The molecule has 3 heterocycles. The van der Waals surface area contributed by atoms with E-state index in [9.17, 15) is 0 Å². The number of rotatable bonds is 4. The maximum Gasteiger partial charge on any atom is 0.276 e. The largest absolute Gasteiger partial charge is 0.368 e. The lowest BCUT2D eigenvalue weighted by Crippen LogP contribution is -2.36. The summed E-state index contributed by atoms with van der Waals surface area (Å²) in [4.78, 5) is 17.0. The molecule has 3 aromatic heterocycles. The third-order valence-corrected chi connectivity index (χ3v) is 5.54. The number of hydrogen-bond donors (Lipinski definition) is 1. The van der Waals surface area contributed by atoms with Crippen molar-refractivity contribution in [3.63, 3.8) is 0 Å². The standard InChI is InChI=1S/C20H19N7O/c1-27-12-22-11-16(27)17-25-18(26-28-17)20(7-2-8-20)15-5-3-13(4-6-15)14-9-23-19(21)24-10-14/h3-6,9-12H,2,7-8H2,1H3,(H2,21,23,24). The quantitative estimate of drug-likeness (QED) is 0.586. The van der Waals surface area contributed by atoms with Crippen LogP contribution in [0.3, 0.4) is 0 Å². The van der Waals surface area contributed by atoms with Crippen LogP contribution in [0.4, 0.5) is 5.95 Å². The summed E-state index contributed by atoms with van der Waals surface area (Å²) in [6.07, 6.45) is 10.1. The van der Waals surface area contributed by atoms with E-state index in [1.807, 2.05) is 11.6 Å². The molecule has 1 aliphatic carbocycles. The monoisotopic (exact) mass is 373 g/mol. The lowest BCUT2D eigenvalue weighted by Gasteiger charge is -2.39. The van der Waals surface area contributed by atoms with E-state index in [1.54, 1.807) is 24.9 Å². The molecular weight excluding hydrogens is 354 g/mol. The smallest absolute Gasteiger partial charge is 0.276 e. The van der Waals surface area contributed by atoms with Crippen molar-refractivity contribution in [2.75, 3.05) is 5.73 Å². The molecule has 0 atom stereocenters. The van der Waals surface area contributed by atoms with Crippen LogP contribution in [0.5, 0.6) is 0 Å². The predicted octanol–water partition coefficient (Wildman–Crippen LogP) is 2.98. The first kappa shape index (κ1) is 16.6. The average molecular weight is 373 g/mol. The van der Waals surface area contributed by atoms with Gasteiger partial charge in [0.25, 0.3) is 5.89 Å². The van der Waals surface area contributed by atoms with Crippen LogP contribution in [0.2, 0.25) is 0 Å². The van der Waals surface area contributed by atoms with E-state index in [1.165, 1.54) is 5.56 Å². The number of hydrogen-bond acceptors (Lipinski definition) is 7. The summed E-state index contributed by atoms with van der Waals surface area (Å²) in [7, 11) is 1.91. The van der Waals surface area contributed by atoms with Gasteiger partial charge in [0.1, 0.15) is 5.69 Å². The number of benzene rings is 1. The molecule has 8 heteroatoms. The van der Waals surface area contributed by atoms with Gasteiger partial charge in [-0.05, 0) is 24.0 Å². The molecule has 1 fully saturated rings. The van der Waals surface area contributed by atoms with Crippen molar-refractivity contribution < 1.29 is 4.52 Å². The molecule has 0 amide bonds. The van der Waals surface area contributed by atoms with Crippen molar-refractivity contribution >= 4 is 5.95 Å². The molecule has 0 radical (unpaired) electrons. The molecule has 0 bridgehead atoms. The summed E-state index contributed by atoms with van der Waals surface area (Å²) >= 11 is 0. The number of anilines is 1. The Morgan fingerprint density at radius 1 is 1.04 bits per heavy atom. The lowest BCUT2D eigenvalue weighted by atomic mass is 9.64. The van der Waals surface area contributed by atoms with Crippen molar-refractivity contribution in [3.8, 4) is 22.7 Å². The van der Waals surface area contributed by atoms with Gasteiger partial charge in [0.15, 0.2) is 5.82 Å². The predicted molar refractivity (Wildman–Crippen MR) is 103 cm³/mol. The fourth-order valence-corrected chi connectivity index (χ4v) is 3.73. The van der Waals surface area contributed by atoms with Gasteiger partial charge in [0.05, 0.1) is 17.9 Å². The van der Waals surface area contributed by atoms with Crippen molar-refractivity contribution in [1.82, 2.24) is 29.7 Å². The molecule has 1 aromatic carbocycles. The highest BCUT2D eigenvalue weighted by molar-refractivity contribution is 5.63. The van der Waals surface area contributed by atoms with E-state index in [0.29, 0.717) is 5.89 Å². The second-order valence-corrected chi connectivity index (χ2v) is 7.16. The minimum atomic E-state index is -0.198. The Hall–Kier alpha value is -3.55. The van der Waals surface area contributed by atoms with E-state index in [2.05, 4.69) is 44.4 Å². The molecule has 0 saturated heterocycles. The second-order valence-electron chi connectivity index (χ2n) is 7.16. The first-order valence-corrected chi connectivity index (χ1v) is 9.15. The fourth-order valence-electron chi connectivity index (χ4n) is 3.73. The maximum atomic E-state index is 5.57. The Morgan fingerprint density at radius 2 is 1.79 bits per heavy atom. The molecule has 4 aromatic rings. The van der Waals surface area contributed by atoms with Gasteiger partial charge in [-0.1, -0.05) is 35.8 Å². The van der Waals surface area contributed by atoms with Crippen LogP contribution in [0.15, 0.2) is 53.7 Å². The first-order valence-electron chi connectivity index (χ1n) is 9.15. The molecule has 28 heavy (non-hydrogen) atoms. The highest BCUT2D eigenvalue weighted by atomic mass is 16.5. The lowest BCUT2D eigenvalue weighted by molar-refractivity contribution is 0.273. The van der Waals surface area contributed by atoms with Gasteiger partial charge in [-0.15, -0.1) is 0 Å². The molecule has 5 rings (SSSR count). The van der Waals surface area contributed by atoms with Gasteiger partial charge in [-0.25, -0.2) is 15.0 Å². The third-order valence-electron chi connectivity index (χ3n) is 5.54. The van der Waals surface area contributed by atoms with Crippen LogP contribution in [-0.2, 0) is 12.5 Å². The molecule has 1 saturated carbocycles. The van der Waals surface area contributed by atoms with Crippen molar-refractivity contribution in [2.24, 2.45) is 7.05 Å². The minimum Gasteiger partial charge on any atom is -0.368 e. The maximum absolute atomic E-state index is 5.57. The van der Waals surface area contributed by atoms with Gasteiger partial charge in [0, 0.05) is 25.0 Å². The van der Waals surface area contributed by atoms with E-state index in [4.69, 9.17) is 15.2 Å². The molecule has 2 N–H and O–H groups in total. The van der Waals surface area contributed by atoms with Crippen molar-refractivity contribution in [2.45, 2.75) is 24.7 Å². The Balaban J connectivity index is 1.48. The highest BCUT2D eigenvalue weighted by Crippen LogP contribution is 2.48. The minimum absolute atomic E-state index is 0.198. The number of nitrogens with two attached hydrogens (primary N) is 1. The average Bonchev–Trinajstić information content (AvgIpc) is 3.31. The molecule has 1 aliphatic rings. The van der Waals surface area contributed by atoms with Crippen LogP contribution in [0.1, 0.15) is 30.7 Å². The normalized spacial score (nSPS) is 15.3. The SMILES string of the molecule is Cn1cncc1-c1nc(C2(c3ccc(-c4cnc(N)nc4)cc3)CCC2)no1. The zero-order valence-corrected chi connectivity index (χ0v) is 15.4. The van der Waals surface area contributed by atoms with Crippen LogP contribution in [-0.4, -0.2) is 29.7 Å². The second kappa shape index (κ2) is 6.26. The topological polar surface area (TPSA) is 109 Å². The Labute approximate surface area is 161 Å². The number of imidazole rings is 1. The Bertz CT molecular complexity index is 1110. The van der Waals surface area contributed by atoms with Gasteiger partial charge in [-0.3, -0.25) is 0 Å². The highest BCUT2D eigenvalue weighted by Gasteiger charge is 2.44. The third kappa shape index (κ3) is 2.57. The van der Waals surface area contributed by atoms with Gasteiger partial charge in [-0.2, -0.15) is 4.98 Å². The van der Waals surface area contributed by atoms with Crippen molar-refractivity contribution in [1.29, 1.82) is 0 Å². The summed E-state index contributed by atoms with van der Waals surface area (Å²) < 4.78 is 7.42. The summed E-state index contributed by atoms with van der Waals surface area (Å²) in [5, 5.41) is 4.31. The number of nitrogens with zero attached hydrogens (tertiary/aromatic N) is 6. The molecule has 8 nitrogen and oxygen atoms in total. The molecule has 0 unspecified atom stereocenters. The number of aromatic nitrogens is 6. The molecule has 0 spiro atoms. The van der Waals surface area contributed by atoms with E-state index in [-0.39, 0.29) is 11.4 Å². The summed E-state index contributed by atoms with van der Waals surface area (Å²) in [6, 6.07) is 8.41. The fraction of sp³-hybridized carbons (Fsp3) is 0.250. The molecular formula is C20H19N7O. The van der Waals surface area contributed by atoms with Crippen LogP contribution >= 0.6 is 0 Å². The zero-order chi connectivity index (χ0) is 19.1. The molecule has 140 valence electrons. The van der Waals surface area contributed by atoms with Gasteiger partial charge >= 0.3 is 0 Å². The first-order chi connectivity index (χ1) is 13.7. The molecule has 0 aliphatic heterocycles. The van der Waals surface area contributed by atoms with E-state index >= 15 is 0 Å². The number of nitrogen functional groups attached to an aromatic ring is 1. The summed E-state index contributed by atoms with van der Waals surface area (Å²) in [6.45, 7) is 0. The van der Waals surface area contributed by atoms with Gasteiger partial charge < -0.3 is 14.8 Å². The zero-order valence-electron chi connectivity index (χ0n) is 15.4. The number of aryl methyl sites for hydroxylation is 1. The van der Waals surface area contributed by atoms with Crippen LogP contribution in [0, 0.1) is 0 Å².